The Balaban J connectivity index is 1.92. The molecule has 2 amide bonds. The van der Waals surface area contributed by atoms with Crippen LogP contribution in [0.1, 0.15) is 12.0 Å². The molecule has 2 heterocycles. The normalized spacial score (nSPS) is 19.8. The Hall–Kier alpha value is -1.93. The highest BCUT2D eigenvalue weighted by Crippen LogP contribution is 2.30. The van der Waals surface area contributed by atoms with E-state index in [4.69, 9.17) is 0 Å². The lowest BCUT2D eigenvalue weighted by atomic mass is 10.2. The number of benzene rings is 1. The molecule has 0 saturated carbocycles. The number of hydrogen-bond acceptors (Lipinski definition) is 4. The van der Waals surface area contributed by atoms with Crippen molar-refractivity contribution in [2.24, 2.45) is 0 Å². The van der Waals surface area contributed by atoms with Crippen molar-refractivity contribution in [3.8, 4) is 0 Å². The van der Waals surface area contributed by atoms with E-state index in [1.54, 1.807) is 19.2 Å². The number of carbonyl (C=O) groups excluding carboxylic acids is 2. The zero-order chi connectivity index (χ0) is 15.9. The highest BCUT2D eigenvalue weighted by Gasteiger charge is 2.30. The quantitative estimate of drug-likeness (QED) is 0.811. The van der Waals surface area contributed by atoms with Crippen LogP contribution in [0.2, 0.25) is 0 Å². The molecule has 8 heteroatoms. The summed E-state index contributed by atoms with van der Waals surface area (Å²) >= 11 is 0. The van der Waals surface area contributed by atoms with Gasteiger partial charge in [-0.3, -0.25) is 9.59 Å². The third-order valence-corrected chi connectivity index (χ3v) is 5.93. The fraction of sp³-hybridized carbons (Fsp3) is 0.429. The van der Waals surface area contributed by atoms with E-state index in [1.165, 1.54) is 15.3 Å². The van der Waals surface area contributed by atoms with E-state index in [1.807, 2.05) is 0 Å². The van der Waals surface area contributed by atoms with Crippen LogP contribution in [-0.4, -0.2) is 51.2 Å². The van der Waals surface area contributed by atoms with Gasteiger partial charge in [0.25, 0.3) is 0 Å². The van der Waals surface area contributed by atoms with Crippen molar-refractivity contribution in [3.05, 3.63) is 23.8 Å². The molecule has 0 spiro atoms. The summed E-state index contributed by atoms with van der Waals surface area (Å²) in [5, 5.41) is 2.65. The molecule has 3 rings (SSSR count). The minimum Gasteiger partial charge on any atom is -0.355 e. The highest BCUT2D eigenvalue weighted by atomic mass is 32.2. The molecule has 118 valence electrons. The number of fused-ring (bicyclic) bond motifs is 1. The van der Waals surface area contributed by atoms with Crippen molar-refractivity contribution in [2.45, 2.75) is 17.7 Å². The second kappa shape index (κ2) is 5.36. The number of rotatable bonds is 2. The maximum Gasteiger partial charge on any atom is 0.243 e. The first-order valence-corrected chi connectivity index (χ1v) is 8.50. The van der Waals surface area contributed by atoms with Crippen LogP contribution >= 0.6 is 0 Å². The van der Waals surface area contributed by atoms with Gasteiger partial charge in [0.1, 0.15) is 0 Å². The SMILES string of the molecule is CN1C(=O)Cc2cc(S(=O)(=O)N3CCNC(=O)CC3)ccc21. The lowest BCUT2D eigenvalue weighted by Gasteiger charge is -2.20. The van der Waals surface area contributed by atoms with Crippen LogP contribution in [0.15, 0.2) is 23.1 Å². The summed E-state index contributed by atoms with van der Waals surface area (Å²) in [6, 6.07) is 4.74. The van der Waals surface area contributed by atoms with Gasteiger partial charge in [0, 0.05) is 38.8 Å². The summed E-state index contributed by atoms with van der Waals surface area (Å²) in [6.45, 7) is 0.734. The molecule has 0 atom stereocenters. The van der Waals surface area contributed by atoms with Gasteiger partial charge < -0.3 is 10.2 Å². The summed E-state index contributed by atoms with van der Waals surface area (Å²) in [7, 11) is -1.98. The van der Waals surface area contributed by atoms with E-state index in [2.05, 4.69) is 5.32 Å². The molecule has 0 aliphatic carbocycles. The summed E-state index contributed by atoms with van der Waals surface area (Å²) in [5.74, 6) is -0.187. The number of sulfonamides is 1. The molecule has 2 aliphatic rings. The Labute approximate surface area is 128 Å². The van der Waals surface area contributed by atoms with Gasteiger partial charge in [-0.25, -0.2) is 8.42 Å². The molecular weight excluding hydrogens is 306 g/mol. The second-order valence-corrected chi connectivity index (χ2v) is 7.36. The molecule has 1 aromatic carbocycles. The van der Waals surface area contributed by atoms with Crippen molar-refractivity contribution >= 4 is 27.5 Å². The van der Waals surface area contributed by atoms with Gasteiger partial charge >= 0.3 is 0 Å². The standard InChI is InChI=1S/C14H17N3O4S/c1-16-12-3-2-11(8-10(12)9-14(16)19)22(20,21)17-6-4-13(18)15-5-7-17/h2-3,8H,4-7,9H2,1H3,(H,15,18). The number of nitrogens with one attached hydrogen (secondary N) is 1. The Morgan fingerprint density at radius 3 is 2.73 bits per heavy atom. The smallest absolute Gasteiger partial charge is 0.243 e. The molecule has 22 heavy (non-hydrogen) atoms. The lowest BCUT2D eigenvalue weighted by molar-refractivity contribution is -0.120. The summed E-state index contributed by atoms with van der Waals surface area (Å²) in [4.78, 5) is 24.7. The van der Waals surface area contributed by atoms with Crippen LogP contribution < -0.4 is 10.2 Å². The minimum atomic E-state index is -3.65. The molecular formula is C14H17N3O4S. The number of anilines is 1. The van der Waals surface area contributed by atoms with Gasteiger partial charge in [0.05, 0.1) is 11.3 Å². The first-order chi connectivity index (χ1) is 10.4. The van der Waals surface area contributed by atoms with Crippen molar-refractivity contribution in [3.63, 3.8) is 0 Å². The van der Waals surface area contributed by atoms with E-state index in [-0.39, 0.29) is 42.6 Å². The number of carbonyl (C=O) groups is 2. The third kappa shape index (κ3) is 2.48. The minimum absolute atomic E-state index is 0.0471. The van der Waals surface area contributed by atoms with Crippen LogP contribution in [0.3, 0.4) is 0 Å². The van der Waals surface area contributed by atoms with Crippen molar-refractivity contribution in [1.29, 1.82) is 0 Å². The Morgan fingerprint density at radius 1 is 1.18 bits per heavy atom. The van der Waals surface area contributed by atoms with Crippen LogP contribution in [-0.2, 0) is 26.0 Å². The highest BCUT2D eigenvalue weighted by molar-refractivity contribution is 7.89. The maximum absolute atomic E-state index is 12.7. The fourth-order valence-corrected chi connectivity index (χ4v) is 4.24. The number of amides is 2. The largest absolute Gasteiger partial charge is 0.355 e. The van der Waals surface area contributed by atoms with Gasteiger partial charge in [-0.15, -0.1) is 0 Å². The number of nitrogens with zero attached hydrogens (tertiary/aromatic N) is 2. The summed E-state index contributed by atoms with van der Waals surface area (Å²) in [6.07, 6.45) is 0.376. The summed E-state index contributed by atoms with van der Waals surface area (Å²) in [5.41, 5.74) is 1.47. The molecule has 0 aromatic heterocycles. The predicted octanol–water partition coefficient (Wildman–Crippen LogP) is -0.284. The first-order valence-electron chi connectivity index (χ1n) is 7.06. The van der Waals surface area contributed by atoms with E-state index < -0.39 is 10.0 Å². The molecule has 0 bridgehead atoms. The number of likely N-dealkylation sites (N-methyl/N-ethyl adjacent to an activating group) is 1. The average molecular weight is 323 g/mol. The van der Waals surface area contributed by atoms with Crippen LogP contribution in [0.5, 0.6) is 0 Å². The van der Waals surface area contributed by atoms with Crippen LogP contribution in [0, 0.1) is 0 Å². The van der Waals surface area contributed by atoms with Crippen LogP contribution in [0.4, 0.5) is 5.69 Å². The van der Waals surface area contributed by atoms with Gasteiger partial charge in [0.2, 0.25) is 21.8 Å². The van der Waals surface area contributed by atoms with Gasteiger partial charge in [-0.1, -0.05) is 0 Å². The summed E-state index contributed by atoms with van der Waals surface area (Å²) < 4.78 is 26.7. The van der Waals surface area contributed by atoms with Crippen molar-refractivity contribution in [2.75, 3.05) is 31.6 Å². The Kier molecular flexibility index (Phi) is 3.65. The average Bonchev–Trinajstić information content (AvgIpc) is 2.65. The molecule has 1 saturated heterocycles. The number of hydrogen-bond donors (Lipinski definition) is 1. The van der Waals surface area contributed by atoms with E-state index in [0.717, 1.165) is 11.3 Å². The van der Waals surface area contributed by atoms with Crippen LogP contribution in [0.25, 0.3) is 0 Å². The molecule has 0 radical (unpaired) electrons. The Morgan fingerprint density at radius 2 is 1.95 bits per heavy atom. The van der Waals surface area contributed by atoms with E-state index in [9.17, 15) is 18.0 Å². The topological polar surface area (TPSA) is 86.8 Å². The molecule has 7 nitrogen and oxygen atoms in total. The zero-order valence-electron chi connectivity index (χ0n) is 12.2. The van der Waals surface area contributed by atoms with Gasteiger partial charge in [-0.2, -0.15) is 4.31 Å². The van der Waals surface area contributed by atoms with Crippen molar-refractivity contribution in [1.82, 2.24) is 9.62 Å². The predicted molar refractivity (Wildman–Crippen MR) is 79.9 cm³/mol. The molecule has 1 aromatic rings. The van der Waals surface area contributed by atoms with E-state index >= 15 is 0 Å². The monoisotopic (exact) mass is 323 g/mol. The molecule has 1 fully saturated rings. The second-order valence-electron chi connectivity index (χ2n) is 5.42. The molecule has 2 aliphatic heterocycles. The third-order valence-electron chi connectivity index (χ3n) is 4.04. The lowest BCUT2D eigenvalue weighted by Crippen LogP contribution is -2.34. The zero-order valence-corrected chi connectivity index (χ0v) is 13.0. The maximum atomic E-state index is 12.7. The molecule has 1 N–H and O–H groups in total. The first kappa shape index (κ1) is 15.0. The van der Waals surface area contributed by atoms with Gasteiger partial charge in [0.15, 0.2) is 0 Å². The van der Waals surface area contributed by atoms with E-state index in [0.29, 0.717) is 6.54 Å². The molecule has 0 unspecified atom stereocenters. The Bertz CT molecular complexity index is 744. The van der Waals surface area contributed by atoms with Gasteiger partial charge in [-0.05, 0) is 23.8 Å². The van der Waals surface area contributed by atoms with Crippen molar-refractivity contribution < 1.29 is 18.0 Å². The fourth-order valence-electron chi connectivity index (χ4n) is 2.74.